The van der Waals surface area contributed by atoms with Gasteiger partial charge in [0.1, 0.15) is 28.2 Å². The number of amides is 7. The van der Waals surface area contributed by atoms with Crippen LogP contribution in [-0.2, 0) is 18.9 Å². The van der Waals surface area contributed by atoms with Crippen molar-refractivity contribution in [3.8, 4) is 5.75 Å². The van der Waals surface area contributed by atoms with Crippen LogP contribution in [0.3, 0.4) is 0 Å². The van der Waals surface area contributed by atoms with E-state index in [-0.39, 0.29) is 43.1 Å². The molecule has 5 aromatic carbocycles. The summed E-state index contributed by atoms with van der Waals surface area (Å²) in [5.74, 6) is -0.876. The molecule has 2 fully saturated rings. The van der Waals surface area contributed by atoms with Crippen molar-refractivity contribution >= 4 is 92.6 Å². The fourth-order valence-electron chi connectivity index (χ4n) is 9.85. The van der Waals surface area contributed by atoms with E-state index in [0.717, 1.165) is 5.39 Å². The van der Waals surface area contributed by atoms with Gasteiger partial charge in [-0.1, -0.05) is 30.3 Å². The maximum atomic E-state index is 13.9. The SMILES string of the molecule is CC(C)(C)OC(=O)N[C@@H]1C[C@H](NC(=O)OC(C)(C)C)CN(c2nc3ccc(NC(=O)c4ccc(NC(=O)c5ccc(NC(=O)c6ccc7ccccc7c6O)cc5)cc4)cc3nc2N2C[C@H](NC(=O)OC(C)(C)C)C[C@H](NC(=O)OC(C)(C)C)C2)C1. The van der Waals surface area contributed by atoms with Crippen LogP contribution in [0, 0.1) is 0 Å². The number of aromatic nitrogens is 2. The van der Waals surface area contributed by atoms with E-state index in [1.807, 2.05) is 21.9 Å². The largest absolute Gasteiger partial charge is 0.506 e. The third-order valence-corrected chi connectivity index (χ3v) is 13.2. The van der Waals surface area contributed by atoms with Crippen molar-refractivity contribution in [3.63, 3.8) is 0 Å². The van der Waals surface area contributed by atoms with Crippen LogP contribution in [0.4, 0.5) is 47.9 Å². The molecule has 8 N–H and O–H groups in total. The van der Waals surface area contributed by atoms with Gasteiger partial charge in [-0.3, -0.25) is 14.4 Å². The molecule has 0 radical (unpaired) electrons. The number of carbonyl (C=O) groups is 7. The monoisotopic (exact) mass is 1180 g/mol. The van der Waals surface area contributed by atoms with Gasteiger partial charge >= 0.3 is 24.4 Å². The summed E-state index contributed by atoms with van der Waals surface area (Å²) in [6, 6.07) is 25.7. The minimum atomic E-state index is -0.812. The summed E-state index contributed by atoms with van der Waals surface area (Å²) < 4.78 is 22.6. The van der Waals surface area contributed by atoms with Crippen LogP contribution in [0.1, 0.15) is 127 Å². The number of phenols is 1. The number of rotatable bonds is 12. The number of fused-ring (bicyclic) bond motifs is 2. The molecule has 0 bridgehead atoms. The predicted octanol–water partition coefficient (Wildman–Crippen LogP) is 10.2. The molecule has 1 aromatic heterocycles. The minimum absolute atomic E-state index is 0.107. The molecule has 4 atom stereocenters. The van der Waals surface area contributed by atoms with E-state index in [4.69, 9.17) is 28.9 Å². The Morgan fingerprint density at radius 3 is 1.21 bits per heavy atom. The Kier molecular flexibility index (Phi) is 18.5. The van der Waals surface area contributed by atoms with Gasteiger partial charge in [-0.2, -0.15) is 0 Å². The Bertz CT molecular complexity index is 3440. The summed E-state index contributed by atoms with van der Waals surface area (Å²) in [5.41, 5.74) is -0.560. The van der Waals surface area contributed by atoms with Crippen molar-refractivity contribution in [1.29, 1.82) is 0 Å². The highest BCUT2D eigenvalue weighted by Gasteiger charge is 2.38. The standard InChI is InChI=1S/C63H77N11O12/c1-60(2,3)83-56(79)67-42-29-43(68-57(80)84-61(4,5)6)33-73(32-42)51-52(74-34-44(69-58(81)85-62(7,8)9)30-45(35-74)70-59(82)86-63(10,11)12)72-49-31-41(26-28-48(49)71-51)66-54(77)38-17-22-39(23-18-38)64-53(76)37-19-24-40(25-20-37)65-55(78)47-27-21-36-15-13-14-16-46(36)50(47)75/h13-28,31,42-45,75H,29-30,32-35H2,1-12H3,(H,64,76)(H,65,78)(H,66,77)(H,67,79)(H,68,80)(H,69,81)(H,70,82)/t42-,43+,44-,45+. The molecule has 0 aliphatic carbocycles. The van der Waals surface area contributed by atoms with Gasteiger partial charge in [0, 0.05) is 59.8 Å². The number of nitrogens with zero attached hydrogens (tertiary/aromatic N) is 4. The van der Waals surface area contributed by atoms with Gasteiger partial charge in [0.15, 0.2) is 11.6 Å². The molecule has 23 nitrogen and oxygen atoms in total. The van der Waals surface area contributed by atoms with Crippen LogP contribution in [0.25, 0.3) is 21.8 Å². The van der Waals surface area contributed by atoms with Crippen LogP contribution < -0.4 is 47.0 Å². The van der Waals surface area contributed by atoms with E-state index < -0.39 is 88.7 Å². The molecule has 86 heavy (non-hydrogen) atoms. The average molecular weight is 1180 g/mol. The van der Waals surface area contributed by atoms with Gasteiger partial charge in [-0.25, -0.2) is 29.1 Å². The first kappa shape index (κ1) is 62.6. The number of hydrogen-bond acceptors (Lipinski definition) is 16. The average Bonchev–Trinajstić information content (AvgIpc) is 0.958. The van der Waals surface area contributed by atoms with Gasteiger partial charge in [0.05, 0.1) is 40.8 Å². The highest BCUT2D eigenvalue weighted by atomic mass is 16.6. The molecule has 0 spiro atoms. The molecule has 0 unspecified atom stereocenters. The number of aromatic hydroxyl groups is 1. The number of phenolic OH excluding ortho intramolecular Hbond substituents is 1. The molecule has 3 heterocycles. The Labute approximate surface area is 499 Å². The van der Waals surface area contributed by atoms with Crippen LogP contribution in [0.5, 0.6) is 5.75 Å². The van der Waals surface area contributed by atoms with Crippen LogP contribution in [-0.4, -0.2) is 130 Å². The summed E-state index contributed by atoms with van der Waals surface area (Å²) in [7, 11) is 0. The van der Waals surface area contributed by atoms with E-state index in [1.54, 1.807) is 174 Å². The van der Waals surface area contributed by atoms with Crippen molar-refractivity contribution in [3.05, 3.63) is 120 Å². The van der Waals surface area contributed by atoms with Gasteiger partial charge < -0.3 is 71.1 Å². The number of ether oxygens (including phenoxy) is 4. The third kappa shape index (κ3) is 17.6. The second-order valence-electron chi connectivity index (χ2n) is 25.4. The number of anilines is 5. The lowest BCUT2D eigenvalue weighted by Gasteiger charge is -2.43. The number of benzene rings is 5. The fraction of sp³-hybridized carbons (Fsp3) is 0.413. The van der Waals surface area contributed by atoms with Crippen LogP contribution in [0.15, 0.2) is 103 Å². The number of carbonyl (C=O) groups excluding carboxylic acids is 7. The van der Waals surface area contributed by atoms with Crippen molar-refractivity contribution < 1.29 is 57.6 Å². The smallest absolute Gasteiger partial charge is 0.407 e. The molecule has 6 aromatic rings. The normalized spacial score (nSPS) is 17.3. The molecule has 0 saturated carbocycles. The molecule has 23 heteroatoms. The highest BCUT2D eigenvalue weighted by Crippen LogP contribution is 2.35. The lowest BCUT2D eigenvalue weighted by atomic mass is 9.99. The van der Waals surface area contributed by atoms with Gasteiger partial charge in [-0.05, 0) is 174 Å². The topological polar surface area (TPSA) is 293 Å². The maximum absolute atomic E-state index is 13.9. The molecule has 7 amide bonds. The Morgan fingerprint density at radius 1 is 0.442 bits per heavy atom. The lowest BCUT2D eigenvalue weighted by molar-refractivity contribution is 0.0451. The number of nitrogens with one attached hydrogen (secondary N) is 7. The number of piperidine rings is 2. The number of alkyl carbamates (subject to hydrolysis) is 4. The summed E-state index contributed by atoms with van der Waals surface area (Å²) in [6.45, 7) is 21.8. The van der Waals surface area contributed by atoms with Crippen molar-refractivity contribution in [1.82, 2.24) is 31.2 Å². The zero-order chi connectivity index (χ0) is 62.5. The molecule has 2 aliphatic heterocycles. The molecular weight excluding hydrogens is 1100 g/mol. The van der Waals surface area contributed by atoms with Crippen LogP contribution >= 0.6 is 0 Å². The van der Waals surface area contributed by atoms with E-state index in [9.17, 15) is 38.7 Å². The first-order valence-electron chi connectivity index (χ1n) is 28.4. The first-order valence-corrected chi connectivity index (χ1v) is 28.4. The minimum Gasteiger partial charge on any atom is -0.506 e. The Balaban J connectivity index is 1.05. The summed E-state index contributed by atoms with van der Waals surface area (Å²) >= 11 is 0. The van der Waals surface area contributed by atoms with Crippen LogP contribution in [0.2, 0.25) is 0 Å². The number of hydrogen-bond donors (Lipinski definition) is 8. The predicted molar refractivity (Wildman–Crippen MR) is 328 cm³/mol. The molecule has 2 aliphatic rings. The van der Waals surface area contributed by atoms with Gasteiger partial charge in [0.2, 0.25) is 0 Å². The van der Waals surface area contributed by atoms with Gasteiger partial charge in [0.25, 0.3) is 17.7 Å². The Hall–Kier alpha value is -9.41. The van der Waals surface area contributed by atoms with E-state index in [1.165, 1.54) is 0 Å². The van der Waals surface area contributed by atoms with E-state index in [0.29, 0.717) is 63.5 Å². The second-order valence-corrected chi connectivity index (χ2v) is 25.4. The van der Waals surface area contributed by atoms with Crippen molar-refractivity contribution in [2.24, 2.45) is 0 Å². The third-order valence-electron chi connectivity index (χ3n) is 13.2. The maximum Gasteiger partial charge on any atom is 0.407 e. The van der Waals surface area contributed by atoms with E-state index >= 15 is 0 Å². The summed E-state index contributed by atoms with van der Waals surface area (Å²) in [6.07, 6.45) is -2.05. The zero-order valence-corrected chi connectivity index (χ0v) is 50.6. The Morgan fingerprint density at radius 2 is 0.802 bits per heavy atom. The lowest BCUT2D eigenvalue weighted by Crippen LogP contribution is -2.59. The molecule has 456 valence electrons. The zero-order valence-electron chi connectivity index (χ0n) is 50.6. The van der Waals surface area contributed by atoms with Crippen molar-refractivity contribution in [2.75, 3.05) is 51.9 Å². The summed E-state index contributed by atoms with van der Waals surface area (Å²) in [4.78, 5) is 108. The fourth-order valence-corrected chi connectivity index (χ4v) is 9.85. The first-order chi connectivity index (χ1) is 40.3. The molecule has 8 rings (SSSR count). The molecule has 2 saturated heterocycles. The molecular formula is C63H77N11O12. The van der Waals surface area contributed by atoms with Gasteiger partial charge in [-0.15, -0.1) is 0 Å². The van der Waals surface area contributed by atoms with E-state index in [2.05, 4.69) is 37.2 Å². The highest BCUT2D eigenvalue weighted by molar-refractivity contribution is 6.10. The second kappa shape index (κ2) is 25.4. The van der Waals surface area contributed by atoms with Crippen molar-refractivity contribution in [2.45, 2.75) is 142 Å². The quantitative estimate of drug-likeness (QED) is 0.0529. The summed E-state index contributed by atoms with van der Waals surface area (Å²) in [5, 5.41) is 32.5.